The van der Waals surface area contributed by atoms with Gasteiger partial charge in [0.05, 0.1) is 18.2 Å². The predicted molar refractivity (Wildman–Crippen MR) is 126 cm³/mol. The lowest BCUT2D eigenvalue weighted by Gasteiger charge is -2.27. The number of carbonyl (C=O) groups excluding carboxylic acids is 2. The minimum Gasteiger partial charge on any atom is -0.454 e. The highest BCUT2D eigenvalue weighted by Crippen LogP contribution is 2.38. The maximum Gasteiger partial charge on any atom is 0.231 e. The molecule has 0 saturated carbocycles. The van der Waals surface area contributed by atoms with Gasteiger partial charge in [-0.15, -0.1) is 0 Å². The van der Waals surface area contributed by atoms with E-state index < -0.39 is 5.92 Å². The molecule has 8 nitrogen and oxygen atoms in total. The maximum absolute atomic E-state index is 13.3. The number of anilines is 2. The molecule has 1 aromatic heterocycles. The van der Waals surface area contributed by atoms with Crippen molar-refractivity contribution >= 4 is 23.3 Å². The monoisotopic (exact) mass is 458 g/mol. The number of rotatable bonds is 4. The van der Waals surface area contributed by atoms with E-state index in [2.05, 4.69) is 34.7 Å². The summed E-state index contributed by atoms with van der Waals surface area (Å²) in [6.07, 6.45) is 5.08. The number of nitrogens with zero attached hydrogens (tertiary/aromatic N) is 3. The van der Waals surface area contributed by atoms with Gasteiger partial charge in [-0.05, 0) is 49.4 Å². The number of hydrogen-bond acceptors (Lipinski definition) is 5. The lowest BCUT2D eigenvalue weighted by Crippen LogP contribution is -2.29. The number of aryl methyl sites for hydroxylation is 2. The SMILES string of the molecule is Cc1cnn(C2CCCc3ccccc32)c1NC(=O)C1CC(=O)N(c2ccc3c(c2)OCO3)C1. The van der Waals surface area contributed by atoms with Gasteiger partial charge >= 0.3 is 0 Å². The Morgan fingerprint density at radius 3 is 2.91 bits per heavy atom. The first-order valence-corrected chi connectivity index (χ1v) is 11.7. The second-order valence-electron chi connectivity index (χ2n) is 9.16. The molecule has 2 aliphatic heterocycles. The zero-order chi connectivity index (χ0) is 23.2. The first-order valence-electron chi connectivity index (χ1n) is 11.7. The van der Waals surface area contributed by atoms with E-state index in [0.29, 0.717) is 29.5 Å². The van der Waals surface area contributed by atoms with Gasteiger partial charge in [0.15, 0.2) is 11.5 Å². The van der Waals surface area contributed by atoms with E-state index in [-0.39, 0.29) is 31.1 Å². The van der Waals surface area contributed by atoms with E-state index >= 15 is 0 Å². The Balaban J connectivity index is 1.21. The third-order valence-corrected chi connectivity index (χ3v) is 7.02. The van der Waals surface area contributed by atoms with Crippen molar-refractivity contribution in [3.8, 4) is 11.5 Å². The summed E-state index contributed by atoms with van der Waals surface area (Å²) in [5.41, 5.74) is 4.22. The van der Waals surface area contributed by atoms with Crippen molar-refractivity contribution in [1.29, 1.82) is 0 Å². The Morgan fingerprint density at radius 1 is 1.15 bits per heavy atom. The van der Waals surface area contributed by atoms with Crippen LogP contribution >= 0.6 is 0 Å². The Kier molecular flexibility index (Phi) is 5.01. The van der Waals surface area contributed by atoms with E-state index in [0.717, 1.165) is 24.8 Å². The molecule has 34 heavy (non-hydrogen) atoms. The van der Waals surface area contributed by atoms with Crippen LogP contribution in [-0.2, 0) is 16.0 Å². The van der Waals surface area contributed by atoms with Crippen molar-refractivity contribution < 1.29 is 19.1 Å². The topological polar surface area (TPSA) is 85.7 Å². The van der Waals surface area contributed by atoms with Gasteiger partial charge in [-0.25, -0.2) is 4.68 Å². The van der Waals surface area contributed by atoms with Gasteiger partial charge in [-0.2, -0.15) is 5.10 Å². The zero-order valence-corrected chi connectivity index (χ0v) is 19.0. The molecule has 2 amide bonds. The van der Waals surface area contributed by atoms with Crippen LogP contribution in [-0.4, -0.2) is 34.9 Å². The van der Waals surface area contributed by atoms with Gasteiger partial charge in [-0.1, -0.05) is 24.3 Å². The van der Waals surface area contributed by atoms with Crippen LogP contribution in [0.3, 0.4) is 0 Å². The predicted octanol–water partition coefficient (Wildman–Crippen LogP) is 3.84. The van der Waals surface area contributed by atoms with Crippen molar-refractivity contribution in [3.05, 3.63) is 65.4 Å². The minimum atomic E-state index is -0.445. The van der Waals surface area contributed by atoms with E-state index in [4.69, 9.17) is 9.47 Å². The third kappa shape index (κ3) is 3.50. The fourth-order valence-electron chi connectivity index (χ4n) is 5.23. The maximum atomic E-state index is 13.3. The standard InChI is InChI=1S/C26H26N4O4/c1-16-13-27-30(21-8-4-6-17-5-2-3-7-20(17)21)25(16)28-26(32)18-11-24(31)29(14-18)19-9-10-22-23(12-19)34-15-33-22/h2-3,5,7,9-10,12-13,18,21H,4,6,8,11,14-15H2,1H3,(H,28,32). The largest absolute Gasteiger partial charge is 0.454 e. The number of nitrogens with one attached hydrogen (secondary N) is 1. The average molecular weight is 459 g/mol. The summed E-state index contributed by atoms with van der Waals surface area (Å²) in [6.45, 7) is 2.45. The molecule has 2 atom stereocenters. The Labute approximate surface area is 197 Å². The van der Waals surface area contributed by atoms with E-state index in [1.807, 2.05) is 17.7 Å². The van der Waals surface area contributed by atoms with Crippen molar-refractivity contribution in [2.24, 2.45) is 5.92 Å². The molecule has 1 aliphatic carbocycles. The minimum absolute atomic E-state index is 0.0783. The zero-order valence-electron chi connectivity index (χ0n) is 19.0. The van der Waals surface area contributed by atoms with Gasteiger partial charge in [0.1, 0.15) is 5.82 Å². The van der Waals surface area contributed by atoms with Crippen LogP contribution in [0.2, 0.25) is 0 Å². The van der Waals surface area contributed by atoms with Crippen molar-refractivity contribution in [2.75, 3.05) is 23.6 Å². The first-order chi connectivity index (χ1) is 16.6. The summed E-state index contributed by atoms with van der Waals surface area (Å²) in [5, 5.41) is 7.73. The molecule has 1 fully saturated rings. The van der Waals surface area contributed by atoms with Crippen molar-refractivity contribution in [3.63, 3.8) is 0 Å². The Bertz CT molecular complexity index is 1280. The summed E-state index contributed by atoms with van der Waals surface area (Å²) < 4.78 is 12.7. The highest BCUT2D eigenvalue weighted by atomic mass is 16.7. The van der Waals surface area contributed by atoms with Crippen LogP contribution in [0, 0.1) is 12.8 Å². The molecule has 2 unspecified atom stereocenters. The number of amides is 2. The van der Waals surface area contributed by atoms with Crippen molar-refractivity contribution in [1.82, 2.24) is 9.78 Å². The van der Waals surface area contributed by atoms with Crippen LogP contribution in [0.4, 0.5) is 11.5 Å². The fraction of sp³-hybridized carbons (Fsp3) is 0.346. The van der Waals surface area contributed by atoms with E-state index in [9.17, 15) is 9.59 Å². The van der Waals surface area contributed by atoms with Gasteiger partial charge in [-0.3, -0.25) is 9.59 Å². The molecule has 1 N–H and O–H groups in total. The summed E-state index contributed by atoms with van der Waals surface area (Å²) in [4.78, 5) is 27.7. The average Bonchev–Trinajstić information content (AvgIpc) is 3.57. The molecule has 2 aromatic carbocycles. The number of ether oxygens (including phenoxy) is 2. The smallest absolute Gasteiger partial charge is 0.231 e. The summed E-state index contributed by atoms with van der Waals surface area (Å²) in [6, 6.07) is 13.9. The second kappa shape index (κ2) is 8.20. The van der Waals surface area contributed by atoms with Crippen LogP contribution in [0.1, 0.15) is 42.0 Å². The molecule has 6 rings (SSSR count). The normalized spacial score (nSPS) is 21.0. The van der Waals surface area contributed by atoms with Crippen LogP contribution in [0.15, 0.2) is 48.7 Å². The van der Waals surface area contributed by atoms with Gasteiger partial charge in [0.25, 0.3) is 0 Å². The lowest BCUT2D eigenvalue weighted by atomic mass is 9.88. The molecule has 0 radical (unpaired) electrons. The molecule has 3 aromatic rings. The van der Waals surface area contributed by atoms with Crippen LogP contribution in [0.25, 0.3) is 0 Å². The second-order valence-corrected chi connectivity index (χ2v) is 9.16. The molecular formula is C26H26N4O4. The number of hydrogen-bond donors (Lipinski definition) is 1. The molecule has 3 heterocycles. The van der Waals surface area contributed by atoms with Crippen LogP contribution < -0.4 is 19.7 Å². The molecular weight excluding hydrogens is 432 g/mol. The molecule has 1 saturated heterocycles. The van der Waals surface area contributed by atoms with Gasteiger partial charge < -0.3 is 19.7 Å². The number of carbonyl (C=O) groups is 2. The van der Waals surface area contributed by atoms with Gasteiger partial charge in [0, 0.05) is 30.3 Å². The van der Waals surface area contributed by atoms with E-state index in [1.54, 1.807) is 23.2 Å². The fourth-order valence-corrected chi connectivity index (χ4v) is 5.23. The first kappa shape index (κ1) is 20.8. The highest BCUT2D eigenvalue weighted by molar-refractivity contribution is 6.03. The molecule has 174 valence electrons. The van der Waals surface area contributed by atoms with E-state index in [1.165, 1.54) is 11.1 Å². The van der Waals surface area contributed by atoms with Gasteiger partial charge in [0.2, 0.25) is 18.6 Å². The number of aromatic nitrogens is 2. The number of benzene rings is 2. The Morgan fingerprint density at radius 2 is 2.00 bits per heavy atom. The van der Waals surface area contributed by atoms with Crippen molar-refractivity contribution in [2.45, 2.75) is 38.6 Å². The quantitative estimate of drug-likeness (QED) is 0.642. The molecule has 0 spiro atoms. The summed E-state index contributed by atoms with van der Waals surface area (Å²) in [5.74, 6) is 1.30. The summed E-state index contributed by atoms with van der Waals surface area (Å²) >= 11 is 0. The summed E-state index contributed by atoms with van der Waals surface area (Å²) in [7, 11) is 0. The highest BCUT2D eigenvalue weighted by Gasteiger charge is 2.36. The Hall–Kier alpha value is -3.81. The molecule has 0 bridgehead atoms. The molecule has 3 aliphatic rings. The van der Waals surface area contributed by atoms with Crippen LogP contribution in [0.5, 0.6) is 11.5 Å². The third-order valence-electron chi connectivity index (χ3n) is 7.02. The lowest BCUT2D eigenvalue weighted by molar-refractivity contribution is -0.122. The number of fused-ring (bicyclic) bond motifs is 2. The molecule has 8 heteroatoms.